The first-order chi connectivity index (χ1) is 7.83. The molecule has 3 rings (SSSR count). The minimum Gasteiger partial charge on any atom is -0.460 e. The van der Waals surface area contributed by atoms with E-state index in [1.165, 1.54) is 17.7 Å². The van der Waals surface area contributed by atoms with Crippen LogP contribution in [0.1, 0.15) is 5.76 Å². The number of hydrogen-bond acceptors (Lipinski definition) is 5. The molecule has 3 heterocycles. The number of nitrogens with zero attached hydrogens (tertiary/aromatic N) is 3. The van der Waals surface area contributed by atoms with Crippen LogP contribution in [0.2, 0.25) is 0 Å². The van der Waals surface area contributed by atoms with Crippen LogP contribution in [-0.4, -0.2) is 20.2 Å². The number of rotatable bonds is 2. The highest BCUT2D eigenvalue weighted by molar-refractivity contribution is 7.13. The van der Waals surface area contributed by atoms with Crippen molar-refractivity contribution in [2.75, 3.05) is 0 Å². The van der Waals surface area contributed by atoms with E-state index in [9.17, 15) is 0 Å². The van der Waals surface area contributed by atoms with Gasteiger partial charge in [-0.25, -0.2) is 9.97 Å². The lowest BCUT2D eigenvalue weighted by Crippen LogP contribution is -1.79. The van der Waals surface area contributed by atoms with Crippen LogP contribution in [0.3, 0.4) is 0 Å². The molecule has 3 aromatic heterocycles. The van der Waals surface area contributed by atoms with Crippen LogP contribution < -0.4 is 0 Å². The highest BCUT2D eigenvalue weighted by atomic mass is 32.1. The number of nitrogens with one attached hydrogen (secondary N) is 1. The quantitative estimate of drug-likeness (QED) is 0.737. The van der Waals surface area contributed by atoms with Crippen LogP contribution in [0.5, 0.6) is 0 Å². The monoisotopic (exact) mass is 232 g/mol. The molecule has 0 saturated heterocycles. The van der Waals surface area contributed by atoms with Crippen molar-refractivity contribution in [3.05, 3.63) is 29.6 Å². The van der Waals surface area contributed by atoms with E-state index in [2.05, 4.69) is 20.2 Å². The molecule has 0 aliphatic rings. The zero-order valence-corrected chi connectivity index (χ0v) is 9.28. The second kappa shape index (κ2) is 3.57. The highest BCUT2D eigenvalue weighted by Gasteiger charge is 2.10. The Morgan fingerprint density at radius 1 is 1.38 bits per heavy atom. The van der Waals surface area contributed by atoms with E-state index < -0.39 is 0 Å². The third-order valence-electron chi connectivity index (χ3n) is 2.11. The molecular formula is C10H8N4OS. The number of aryl methyl sites for hydroxylation is 1. The first-order valence-corrected chi connectivity index (χ1v) is 5.59. The summed E-state index contributed by atoms with van der Waals surface area (Å²) in [5.74, 6) is 2.34. The van der Waals surface area contributed by atoms with Crippen molar-refractivity contribution in [3.8, 4) is 22.3 Å². The van der Waals surface area contributed by atoms with Gasteiger partial charge in [0.1, 0.15) is 17.8 Å². The van der Waals surface area contributed by atoms with E-state index in [1.54, 1.807) is 0 Å². The first-order valence-electron chi connectivity index (χ1n) is 4.71. The second-order valence-electron chi connectivity index (χ2n) is 3.28. The van der Waals surface area contributed by atoms with Crippen LogP contribution in [0.15, 0.2) is 28.3 Å². The number of H-pyrrole nitrogens is 1. The summed E-state index contributed by atoms with van der Waals surface area (Å²) in [5, 5.41) is 9.32. The maximum atomic E-state index is 5.50. The van der Waals surface area contributed by atoms with Crippen molar-refractivity contribution in [2.24, 2.45) is 0 Å². The number of aromatic nitrogens is 4. The predicted molar refractivity (Wildman–Crippen MR) is 59.9 cm³/mol. The Morgan fingerprint density at radius 2 is 2.31 bits per heavy atom. The second-order valence-corrected chi connectivity index (χ2v) is 4.14. The summed E-state index contributed by atoms with van der Waals surface area (Å²) in [5.41, 5.74) is 0.824. The van der Waals surface area contributed by atoms with Gasteiger partial charge in [-0.05, 0) is 19.1 Å². The summed E-state index contributed by atoms with van der Waals surface area (Å²) in [6, 6.07) is 3.83. The Kier molecular flexibility index (Phi) is 2.07. The molecule has 0 aromatic carbocycles. The molecular weight excluding hydrogens is 224 g/mol. The lowest BCUT2D eigenvalue weighted by molar-refractivity contribution is 0.547. The van der Waals surface area contributed by atoms with E-state index in [0.29, 0.717) is 5.82 Å². The van der Waals surface area contributed by atoms with Gasteiger partial charge in [0.25, 0.3) is 0 Å². The van der Waals surface area contributed by atoms with Gasteiger partial charge in [0.2, 0.25) is 0 Å². The third kappa shape index (κ3) is 1.53. The van der Waals surface area contributed by atoms with Crippen LogP contribution in [-0.2, 0) is 0 Å². The molecule has 0 fully saturated rings. The Morgan fingerprint density at radius 3 is 3.00 bits per heavy atom. The minimum absolute atomic E-state index is 0.680. The van der Waals surface area contributed by atoms with Gasteiger partial charge < -0.3 is 4.42 Å². The topological polar surface area (TPSA) is 67.6 Å². The lowest BCUT2D eigenvalue weighted by atomic mass is 10.3. The van der Waals surface area contributed by atoms with Crippen molar-refractivity contribution >= 4 is 11.3 Å². The van der Waals surface area contributed by atoms with Gasteiger partial charge >= 0.3 is 0 Å². The average molecular weight is 232 g/mol. The average Bonchev–Trinajstić information content (AvgIpc) is 2.97. The summed E-state index contributed by atoms with van der Waals surface area (Å²) in [7, 11) is 0. The van der Waals surface area contributed by atoms with Gasteiger partial charge in [0.15, 0.2) is 16.6 Å². The normalized spacial score (nSPS) is 10.8. The van der Waals surface area contributed by atoms with E-state index >= 15 is 0 Å². The summed E-state index contributed by atoms with van der Waals surface area (Å²) in [6.45, 7) is 1.91. The smallest absolute Gasteiger partial charge is 0.184 e. The first kappa shape index (κ1) is 9.29. The van der Waals surface area contributed by atoms with Gasteiger partial charge in [0, 0.05) is 5.38 Å². The Bertz CT molecular complexity index is 596. The molecule has 6 heteroatoms. The summed E-state index contributed by atoms with van der Waals surface area (Å²) >= 11 is 1.51. The minimum atomic E-state index is 0.680. The zero-order chi connectivity index (χ0) is 11.0. The Balaban J connectivity index is 2.00. The van der Waals surface area contributed by atoms with Gasteiger partial charge in [-0.2, -0.15) is 5.10 Å². The van der Waals surface area contributed by atoms with Crippen LogP contribution in [0, 0.1) is 6.92 Å². The largest absolute Gasteiger partial charge is 0.460 e. The Labute approximate surface area is 95.2 Å². The van der Waals surface area contributed by atoms with E-state index in [4.69, 9.17) is 4.42 Å². The fraction of sp³-hybridized carbons (Fsp3) is 0.100. The van der Waals surface area contributed by atoms with Crippen molar-refractivity contribution in [2.45, 2.75) is 6.92 Å². The molecule has 0 aliphatic heterocycles. The van der Waals surface area contributed by atoms with Gasteiger partial charge in [-0.1, -0.05) is 0 Å². The van der Waals surface area contributed by atoms with Crippen molar-refractivity contribution in [3.63, 3.8) is 0 Å². The molecule has 5 nitrogen and oxygen atoms in total. The molecule has 80 valence electrons. The van der Waals surface area contributed by atoms with Crippen LogP contribution in [0.25, 0.3) is 22.3 Å². The van der Waals surface area contributed by atoms with E-state index in [0.717, 1.165) is 22.2 Å². The van der Waals surface area contributed by atoms with Gasteiger partial charge in [-0.15, -0.1) is 11.3 Å². The molecule has 1 N–H and O–H groups in total. The number of hydrogen-bond donors (Lipinski definition) is 1. The number of thiazole rings is 1. The predicted octanol–water partition coefficient (Wildman–Crippen LogP) is 2.50. The Hall–Kier alpha value is -1.95. The van der Waals surface area contributed by atoms with Crippen LogP contribution in [0.4, 0.5) is 0 Å². The fourth-order valence-corrected chi connectivity index (χ4v) is 2.13. The van der Waals surface area contributed by atoms with Gasteiger partial charge in [-0.3, -0.25) is 5.10 Å². The SMILES string of the molecule is Cc1ccc(-c2csc(-c3ncn[nH]3)n2)o1. The molecule has 0 spiro atoms. The fourth-order valence-electron chi connectivity index (χ4n) is 1.38. The standard InChI is InChI=1S/C10H8N4OS/c1-6-2-3-8(15-6)7-4-16-10(13-7)9-11-5-12-14-9/h2-5H,1H3,(H,11,12,14). The maximum absolute atomic E-state index is 5.50. The molecule has 16 heavy (non-hydrogen) atoms. The van der Waals surface area contributed by atoms with Crippen molar-refractivity contribution in [1.29, 1.82) is 0 Å². The summed E-state index contributed by atoms with van der Waals surface area (Å²) in [4.78, 5) is 8.48. The van der Waals surface area contributed by atoms with Crippen LogP contribution >= 0.6 is 11.3 Å². The molecule has 3 aromatic rings. The van der Waals surface area contributed by atoms with E-state index in [1.807, 2.05) is 24.4 Å². The van der Waals surface area contributed by atoms with Gasteiger partial charge in [0.05, 0.1) is 0 Å². The molecule has 0 bridgehead atoms. The van der Waals surface area contributed by atoms with E-state index in [-0.39, 0.29) is 0 Å². The van der Waals surface area contributed by atoms with Crippen molar-refractivity contribution < 1.29 is 4.42 Å². The summed E-state index contributed by atoms with van der Waals surface area (Å²) < 4.78 is 5.50. The molecule has 0 unspecified atom stereocenters. The maximum Gasteiger partial charge on any atom is 0.184 e. The molecule has 0 saturated carbocycles. The zero-order valence-electron chi connectivity index (χ0n) is 8.47. The highest BCUT2D eigenvalue weighted by Crippen LogP contribution is 2.27. The lowest BCUT2D eigenvalue weighted by Gasteiger charge is -1.88. The third-order valence-corrected chi connectivity index (χ3v) is 2.96. The van der Waals surface area contributed by atoms with Crippen molar-refractivity contribution in [1.82, 2.24) is 20.2 Å². The molecule has 0 aliphatic carbocycles. The summed E-state index contributed by atoms with van der Waals surface area (Å²) in [6.07, 6.45) is 1.47. The molecule has 0 radical (unpaired) electrons. The number of furan rings is 1. The molecule has 0 amide bonds. The molecule has 0 atom stereocenters. The number of aromatic amines is 1.